The highest BCUT2D eigenvalue weighted by atomic mass is 19.2. The van der Waals surface area contributed by atoms with Crippen molar-refractivity contribution in [2.24, 2.45) is 0 Å². The maximum Gasteiger partial charge on any atom is 0.322 e. The number of fused-ring (bicyclic) bond motifs is 6. The molecule has 5 nitrogen and oxygen atoms in total. The van der Waals surface area contributed by atoms with Crippen LogP contribution in [0.5, 0.6) is 0 Å². The van der Waals surface area contributed by atoms with Crippen LogP contribution in [0.1, 0.15) is 41.5 Å². The average molecular weight is 383 g/mol. The SMILES string of the molecule is O=C1Nc2ccc(F)c(F)c2CN1CC(=O)N1CCC2CC1c1ccccc12. The Kier molecular flexibility index (Phi) is 3.86. The first kappa shape index (κ1) is 17.2. The molecule has 2 aliphatic heterocycles. The van der Waals surface area contributed by atoms with Crippen molar-refractivity contribution in [3.05, 3.63) is 64.7 Å². The molecule has 0 aromatic heterocycles. The van der Waals surface area contributed by atoms with Gasteiger partial charge in [-0.1, -0.05) is 24.3 Å². The summed E-state index contributed by atoms with van der Waals surface area (Å²) in [7, 11) is 0. The molecule has 2 aromatic carbocycles. The van der Waals surface area contributed by atoms with Gasteiger partial charge in [-0.2, -0.15) is 0 Å². The average Bonchev–Trinajstić information content (AvgIpc) is 2.98. The van der Waals surface area contributed by atoms with Crippen LogP contribution in [-0.2, 0) is 11.3 Å². The first-order valence-electron chi connectivity index (χ1n) is 9.44. The highest BCUT2D eigenvalue weighted by Crippen LogP contribution is 2.48. The van der Waals surface area contributed by atoms with E-state index in [0.29, 0.717) is 12.5 Å². The van der Waals surface area contributed by atoms with Gasteiger partial charge in [0.1, 0.15) is 6.54 Å². The fourth-order valence-electron chi connectivity index (χ4n) is 4.73. The molecule has 2 unspecified atom stereocenters. The van der Waals surface area contributed by atoms with Gasteiger partial charge in [-0.15, -0.1) is 0 Å². The molecule has 2 aromatic rings. The number of benzene rings is 2. The number of hydrogen-bond acceptors (Lipinski definition) is 2. The molecular formula is C21H19F2N3O2. The van der Waals surface area contributed by atoms with Crippen LogP contribution in [0.2, 0.25) is 0 Å². The quantitative estimate of drug-likeness (QED) is 0.858. The number of halogens is 2. The van der Waals surface area contributed by atoms with Crippen molar-refractivity contribution in [2.75, 3.05) is 18.4 Å². The third kappa shape index (κ3) is 2.57. The monoisotopic (exact) mass is 383 g/mol. The smallest absolute Gasteiger partial charge is 0.322 e. The number of piperidine rings is 1. The van der Waals surface area contributed by atoms with Gasteiger partial charge in [-0.3, -0.25) is 4.79 Å². The van der Waals surface area contributed by atoms with Crippen LogP contribution in [0.3, 0.4) is 0 Å². The molecule has 144 valence electrons. The fourth-order valence-corrected chi connectivity index (χ4v) is 4.73. The van der Waals surface area contributed by atoms with E-state index in [1.807, 2.05) is 17.0 Å². The number of rotatable bonds is 2. The van der Waals surface area contributed by atoms with Gasteiger partial charge in [-0.25, -0.2) is 13.6 Å². The van der Waals surface area contributed by atoms with Crippen molar-refractivity contribution in [3.8, 4) is 0 Å². The first-order valence-corrected chi connectivity index (χ1v) is 9.44. The highest BCUT2D eigenvalue weighted by molar-refractivity contribution is 5.95. The zero-order chi connectivity index (χ0) is 19.4. The van der Waals surface area contributed by atoms with Crippen LogP contribution in [0.25, 0.3) is 0 Å². The molecule has 1 fully saturated rings. The minimum atomic E-state index is -0.986. The van der Waals surface area contributed by atoms with Crippen molar-refractivity contribution >= 4 is 17.6 Å². The third-order valence-electron chi connectivity index (χ3n) is 6.12. The number of likely N-dealkylation sites (tertiary alicyclic amines) is 1. The number of hydrogen-bond donors (Lipinski definition) is 1. The van der Waals surface area contributed by atoms with E-state index in [9.17, 15) is 18.4 Å². The van der Waals surface area contributed by atoms with Gasteiger partial charge >= 0.3 is 6.03 Å². The summed E-state index contributed by atoms with van der Waals surface area (Å²) in [5.41, 5.74) is 2.81. The Labute approximate surface area is 160 Å². The molecule has 5 rings (SSSR count). The van der Waals surface area contributed by atoms with E-state index in [4.69, 9.17) is 0 Å². The van der Waals surface area contributed by atoms with Crippen LogP contribution in [0.15, 0.2) is 36.4 Å². The van der Waals surface area contributed by atoms with E-state index in [0.717, 1.165) is 18.9 Å². The molecule has 28 heavy (non-hydrogen) atoms. The van der Waals surface area contributed by atoms with Crippen molar-refractivity contribution in [1.82, 2.24) is 9.80 Å². The largest absolute Gasteiger partial charge is 0.334 e. The van der Waals surface area contributed by atoms with Crippen molar-refractivity contribution < 1.29 is 18.4 Å². The summed E-state index contributed by atoms with van der Waals surface area (Å²) >= 11 is 0. The summed E-state index contributed by atoms with van der Waals surface area (Å²) in [6, 6.07) is 10.1. The molecule has 1 aliphatic carbocycles. The summed E-state index contributed by atoms with van der Waals surface area (Å²) in [4.78, 5) is 28.4. The van der Waals surface area contributed by atoms with Crippen molar-refractivity contribution in [2.45, 2.75) is 31.3 Å². The predicted molar refractivity (Wildman–Crippen MR) is 98.7 cm³/mol. The van der Waals surface area contributed by atoms with E-state index in [1.165, 1.54) is 22.1 Å². The Balaban J connectivity index is 1.36. The molecule has 1 saturated heterocycles. The van der Waals surface area contributed by atoms with E-state index in [2.05, 4.69) is 17.4 Å². The molecule has 0 radical (unpaired) electrons. The Bertz CT molecular complexity index is 994. The molecule has 3 amide bonds. The maximum absolute atomic E-state index is 14.1. The second kappa shape index (κ2) is 6.29. The lowest BCUT2D eigenvalue weighted by Gasteiger charge is -2.36. The topological polar surface area (TPSA) is 52.7 Å². The van der Waals surface area contributed by atoms with Gasteiger partial charge in [0.25, 0.3) is 0 Å². The van der Waals surface area contributed by atoms with E-state index >= 15 is 0 Å². The van der Waals surface area contributed by atoms with E-state index in [-0.39, 0.29) is 36.3 Å². The number of carbonyl (C=O) groups excluding carboxylic acids is 2. The van der Waals surface area contributed by atoms with Crippen LogP contribution < -0.4 is 5.32 Å². The lowest BCUT2D eigenvalue weighted by Crippen LogP contribution is -2.48. The molecule has 7 heteroatoms. The maximum atomic E-state index is 14.1. The normalized spacial score (nSPS) is 22.6. The molecule has 2 bridgehead atoms. The van der Waals surface area contributed by atoms with Crippen molar-refractivity contribution in [3.63, 3.8) is 0 Å². The second-order valence-corrected chi connectivity index (χ2v) is 7.63. The van der Waals surface area contributed by atoms with Gasteiger partial charge in [0.2, 0.25) is 5.91 Å². The molecule has 2 atom stereocenters. The second-order valence-electron chi connectivity index (χ2n) is 7.63. The minimum absolute atomic E-state index is 0.0248. The number of urea groups is 1. The van der Waals surface area contributed by atoms with Gasteiger partial charge in [0, 0.05) is 12.1 Å². The molecule has 0 spiro atoms. The Morgan fingerprint density at radius 2 is 1.93 bits per heavy atom. The summed E-state index contributed by atoms with van der Waals surface area (Å²) in [6.45, 7) is 0.344. The number of amides is 3. The number of nitrogens with zero attached hydrogens (tertiary/aromatic N) is 2. The number of nitrogens with one attached hydrogen (secondary N) is 1. The molecule has 0 saturated carbocycles. The molecular weight excluding hydrogens is 364 g/mol. The first-order chi connectivity index (χ1) is 13.5. The summed E-state index contributed by atoms with van der Waals surface area (Å²) in [6.07, 6.45) is 1.80. The van der Waals surface area contributed by atoms with Gasteiger partial charge < -0.3 is 15.1 Å². The lowest BCUT2D eigenvalue weighted by atomic mass is 9.95. The zero-order valence-corrected chi connectivity index (χ0v) is 15.1. The van der Waals surface area contributed by atoms with Gasteiger partial charge in [0.05, 0.1) is 18.3 Å². The van der Waals surface area contributed by atoms with Crippen LogP contribution in [0.4, 0.5) is 19.3 Å². The Morgan fingerprint density at radius 3 is 2.75 bits per heavy atom. The highest BCUT2D eigenvalue weighted by Gasteiger charge is 2.41. The third-order valence-corrected chi connectivity index (χ3v) is 6.12. The molecule has 3 aliphatic rings. The number of anilines is 1. The predicted octanol–water partition coefficient (Wildman–Crippen LogP) is 3.77. The number of carbonyl (C=O) groups is 2. The summed E-state index contributed by atoms with van der Waals surface area (Å²) in [5, 5.41) is 2.54. The Morgan fingerprint density at radius 1 is 1.14 bits per heavy atom. The zero-order valence-electron chi connectivity index (χ0n) is 15.1. The van der Waals surface area contributed by atoms with E-state index in [1.54, 1.807) is 0 Å². The van der Waals surface area contributed by atoms with Gasteiger partial charge in [0.15, 0.2) is 11.6 Å². The van der Waals surface area contributed by atoms with Crippen LogP contribution in [-0.4, -0.2) is 34.8 Å². The molecule has 2 heterocycles. The lowest BCUT2D eigenvalue weighted by molar-refractivity contribution is -0.135. The standard InChI is InChI=1S/C21H19F2N3O2/c22-16-5-6-17-15(20(16)23)10-25(21(28)24-17)11-19(27)26-8-7-12-9-18(26)14-4-2-1-3-13(12)14/h1-6,12,18H,7-11H2,(H,24,28). The summed E-state index contributed by atoms with van der Waals surface area (Å²) < 4.78 is 27.7. The summed E-state index contributed by atoms with van der Waals surface area (Å²) in [5.74, 6) is -1.64. The Hall–Kier alpha value is -2.96. The molecule has 1 N–H and O–H groups in total. The fraction of sp³-hybridized carbons (Fsp3) is 0.333. The minimum Gasteiger partial charge on any atom is -0.334 e. The van der Waals surface area contributed by atoms with Gasteiger partial charge in [-0.05, 0) is 42.0 Å². The van der Waals surface area contributed by atoms with Crippen LogP contribution >= 0.6 is 0 Å². The van der Waals surface area contributed by atoms with Crippen molar-refractivity contribution in [1.29, 1.82) is 0 Å². The van der Waals surface area contributed by atoms with E-state index < -0.39 is 17.7 Å². The van der Waals surface area contributed by atoms with Crippen LogP contribution in [0, 0.1) is 11.6 Å².